The molecule has 2 aromatic heterocycles. The number of unbranched alkanes of at least 4 members (excludes halogenated alkanes) is 60. The van der Waals surface area contributed by atoms with Gasteiger partial charge in [0.25, 0.3) is 0 Å². The van der Waals surface area contributed by atoms with E-state index in [0.717, 1.165) is 51.9 Å². The first-order valence-corrected chi connectivity index (χ1v) is 43.1. The van der Waals surface area contributed by atoms with Crippen LogP contribution in [0.4, 0.5) is 0 Å². The van der Waals surface area contributed by atoms with Crippen LogP contribution in [0.5, 0.6) is 0 Å². The van der Waals surface area contributed by atoms with Gasteiger partial charge in [0.05, 0.1) is 12.8 Å². The van der Waals surface area contributed by atoms with Crippen LogP contribution in [-0.4, -0.2) is 47.8 Å². The zero-order valence-corrected chi connectivity index (χ0v) is 64.1. The molecule has 0 radical (unpaired) electrons. The highest BCUT2D eigenvalue weighted by atomic mass is 16.2. The third-order valence-electron chi connectivity index (χ3n) is 21.1. The van der Waals surface area contributed by atoms with Crippen molar-refractivity contribution in [3.05, 3.63) is 49.1 Å². The molecule has 0 aliphatic rings. The number of aryl methyl sites for hydroxylation is 2. The molecule has 0 aliphatic heterocycles. The lowest BCUT2D eigenvalue weighted by molar-refractivity contribution is -0.696. The summed E-state index contributed by atoms with van der Waals surface area (Å²) < 4.78 is 4.40. The number of amides is 2. The smallest absolute Gasteiger partial charge is 0.228 e. The molecule has 0 N–H and O–H groups in total. The number of nitrogens with zero attached hydrogens (tertiary/aromatic N) is 4. The predicted octanol–water partition coefficient (Wildman–Crippen LogP) is 27.4. The van der Waals surface area contributed by atoms with E-state index in [1.807, 2.05) is 0 Å². The van der Waals surface area contributed by atoms with Crippen LogP contribution in [0, 0.1) is 0 Å². The summed E-state index contributed by atoms with van der Waals surface area (Å²) in [5.74, 6) is 0.654. The lowest BCUT2D eigenvalue weighted by Gasteiger charge is -2.22. The van der Waals surface area contributed by atoms with Crippen molar-refractivity contribution in [1.29, 1.82) is 0 Å². The molecule has 546 valence electrons. The molecule has 6 nitrogen and oxygen atoms in total. The van der Waals surface area contributed by atoms with E-state index in [2.05, 4.69) is 95.7 Å². The van der Waals surface area contributed by atoms with E-state index < -0.39 is 0 Å². The van der Waals surface area contributed by atoms with Crippen LogP contribution in [0.15, 0.2) is 49.1 Å². The highest BCUT2D eigenvalue weighted by molar-refractivity contribution is 5.76. The van der Waals surface area contributed by atoms with Crippen LogP contribution in [0.25, 0.3) is 11.1 Å². The van der Waals surface area contributed by atoms with Crippen molar-refractivity contribution in [3.63, 3.8) is 0 Å². The Morgan fingerprint density at radius 2 is 0.362 bits per heavy atom. The van der Waals surface area contributed by atoms with Crippen molar-refractivity contribution in [2.75, 3.05) is 26.2 Å². The standard InChI is InChI=1S/C88H164N4O2/c1-5-9-13-17-21-25-29-33-37-41-45-49-53-57-61-65-75-91(76-66-62-58-54-50-46-42-38-34-30-26-22-18-14-10-6-2)87(93)73-83-89-79-69-85(70-80-89)86-71-81-90(82-72-86)84-74-88(94)92(77-67-63-59-55-51-47-43-39-35-31-27-23-19-15-11-7-3)78-68-64-60-56-52-48-44-40-36-32-28-24-20-16-12-8-4/h69-72,79-82H,5-68,73-78,83-84H2,1-4H3/q+2. The van der Waals surface area contributed by atoms with Crippen molar-refractivity contribution in [2.45, 2.75) is 465 Å². The van der Waals surface area contributed by atoms with E-state index >= 15 is 0 Å². The summed E-state index contributed by atoms with van der Waals surface area (Å²) >= 11 is 0. The van der Waals surface area contributed by atoms with Gasteiger partial charge in [0.2, 0.25) is 11.8 Å². The second-order valence-electron chi connectivity index (χ2n) is 30.1. The third-order valence-corrected chi connectivity index (χ3v) is 21.1. The van der Waals surface area contributed by atoms with Crippen LogP contribution in [0.1, 0.15) is 451 Å². The molecule has 2 amide bonds. The fourth-order valence-corrected chi connectivity index (χ4v) is 14.5. The van der Waals surface area contributed by atoms with E-state index in [-0.39, 0.29) is 0 Å². The van der Waals surface area contributed by atoms with Crippen molar-refractivity contribution < 1.29 is 18.7 Å². The maximum atomic E-state index is 14.0. The summed E-state index contributed by atoms with van der Waals surface area (Å²) in [6.45, 7) is 14.3. The zero-order chi connectivity index (χ0) is 67.2. The summed E-state index contributed by atoms with van der Waals surface area (Å²) in [6.07, 6.45) is 97.8. The molecule has 0 atom stereocenters. The lowest BCUT2D eigenvalue weighted by atomic mass is 10.0. The van der Waals surface area contributed by atoms with Crippen molar-refractivity contribution in [3.8, 4) is 11.1 Å². The van der Waals surface area contributed by atoms with Crippen molar-refractivity contribution in [2.24, 2.45) is 0 Å². The summed E-state index contributed by atoms with van der Waals surface area (Å²) in [4.78, 5) is 32.4. The van der Waals surface area contributed by atoms with Crippen LogP contribution in [0.2, 0.25) is 0 Å². The fraction of sp³-hybridized carbons (Fsp3) is 0.864. The Kier molecular flexibility index (Phi) is 65.1. The van der Waals surface area contributed by atoms with Gasteiger partial charge in [0.1, 0.15) is 0 Å². The Balaban J connectivity index is 1.83. The topological polar surface area (TPSA) is 48.4 Å². The highest BCUT2D eigenvalue weighted by Crippen LogP contribution is 2.21. The minimum atomic E-state index is 0.327. The molecular weight excluding hydrogens is 1140 g/mol. The summed E-state index contributed by atoms with van der Waals surface area (Å²) in [5.41, 5.74) is 2.37. The van der Waals surface area contributed by atoms with Gasteiger partial charge in [-0.25, -0.2) is 9.13 Å². The van der Waals surface area contributed by atoms with Gasteiger partial charge in [0.15, 0.2) is 37.9 Å². The van der Waals surface area contributed by atoms with Crippen molar-refractivity contribution in [1.82, 2.24) is 9.80 Å². The molecule has 0 aliphatic carbocycles. The van der Waals surface area contributed by atoms with Crippen molar-refractivity contribution >= 4 is 11.8 Å². The monoisotopic (exact) mass is 1310 g/mol. The van der Waals surface area contributed by atoms with Gasteiger partial charge in [-0.1, -0.05) is 413 Å². The summed E-state index contributed by atoms with van der Waals surface area (Å²) in [6, 6.07) is 8.81. The molecule has 0 aromatic carbocycles. The number of carbonyl (C=O) groups is 2. The number of carbonyl (C=O) groups excluding carboxylic acids is 2. The Labute approximate surface area is 588 Å². The zero-order valence-electron chi connectivity index (χ0n) is 64.1. The molecule has 0 fully saturated rings. The average Bonchev–Trinajstić information content (AvgIpc) is 0.987. The quantitative estimate of drug-likeness (QED) is 0.0489. The van der Waals surface area contributed by atoms with Gasteiger partial charge in [-0.3, -0.25) is 9.59 Å². The van der Waals surface area contributed by atoms with Crippen LogP contribution in [0.3, 0.4) is 0 Å². The number of hydrogen-bond donors (Lipinski definition) is 0. The minimum absolute atomic E-state index is 0.327. The number of hydrogen-bond acceptors (Lipinski definition) is 2. The molecule has 6 heteroatoms. The van der Waals surface area contributed by atoms with E-state index in [1.54, 1.807) is 0 Å². The molecule has 2 aromatic rings. The Morgan fingerprint density at radius 3 is 0.511 bits per heavy atom. The Hall–Kier alpha value is -2.76. The molecule has 94 heavy (non-hydrogen) atoms. The molecule has 2 heterocycles. The van der Waals surface area contributed by atoms with Gasteiger partial charge in [-0.2, -0.15) is 0 Å². The van der Waals surface area contributed by atoms with Gasteiger partial charge in [-0.05, 0) is 36.8 Å². The molecule has 0 saturated carbocycles. The molecule has 0 spiro atoms. The minimum Gasteiger partial charge on any atom is -0.342 e. The largest absolute Gasteiger partial charge is 0.342 e. The number of aromatic nitrogens is 2. The normalized spacial score (nSPS) is 11.6. The fourth-order valence-electron chi connectivity index (χ4n) is 14.5. The van der Waals surface area contributed by atoms with E-state index in [0.29, 0.717) is 37.7 Å². The summed E-state index contributed by atoms with van der Waals surface area (Å²) in [7, 11) is 0. The van der Waals surface area contributed by atoms with E-state index in [4.69, 9.17) is 0 Å². The maximum Gasteiger partial charge on any atom is 0.228 e. The van der Waals surface area contributed by atoms with Gasteiger partial charge in [0, 0.05) is 50.4 Å². The molecule has 0 bridgehead atoms. The molecule has 0 unspecified atom stereocenters. The third kappa shape index (κ3) is 56.2. The van der Waals surface area contributed by atoms with Crippen LogP contribution < -0.4 is 9.13 Å². The first-order valence-electron chi connectivity index (χ1n) is 43.1. The highest BCUT2D eigenvalue weighted by Gasteiger charge is 2.18. The number of rotatable bonds is 75. The van der Waals surface area contributed by atoms with Gasteiger partial charge < -0.3 is 9.80 Å². The summed E-state index contributed by atoms with van der Waals surface area (Å²) in [5, 5.41) is 0. The second kappa shape index (κ2) is 70.1. The Morgan fingerprint density at radius 1 is 0.223 bits per heavy atom. The van der Waals surface area contributed by atoms with E-state index in [9.17, 15) is 9.59 Å². The molecule has 0 saturated heterocycles. The molecular formula is C88H164N4O2+2. The first kappa shape index (κ1) is 87.3. The molecule has 2 rings (SSSR count). The van der Waals surface area contributed by atoms with Gasteiger partial charge in [-0.15, -0.1) is 0 Å². The number of pyridine rings is 2. The second-order valence-corrected chi connectivity index (χ2v) is 30.1. The maximum absolute atomic E-state index is 14.0. The van der Waals surface area contributed by atoms with E-state index in [1.165, 1.54) is 396 Å². The van der Waals surface area contributed by atoms with Gasteiger partial charge >= 0.3 is 0 Å². The van der Waals surface area contributed by atoms with Crippen LogP contribution >= 0.6 is 0 Å². The van der Waals surface area contributed by atoms with Crippen LogP contribution in [-0.2, 0) is 22.7 Å². The first-order chi connectivity index (χ1) is 46.5. The Bertz CT molecular complexity index is 1640. The lowest BCUT2D eigenvalue weighted by Crippen LogP contribution is -2.39. The predicted molar refractivity (Wildman–Crippen MR) is 413 cm³/mol. The SMILES string of the molecule is CCCCCCCCCCCCCCCCCCN(CCCCCCCCCCCCCCCCCC)C(=O)CC[n+]1ccc(-c2cc[n+](CCC(=O)N(CCCCCCCCCCCCCCCCCC)CCCCCCCCCCCCCCCCCC)cc2)cc1. The average molecular weight is 1310 g/mol.